The van der Waals surface area contributed by atoms with Gasteiger partial charge in [-0.05, 0) is 48.2 Å². The van der Waals surface area contributed by atoms with Crippen molar-refractivity contribution in [1.29, 1.82) is 0 Å². The van der Waals surface area contributed by atoms with Crippen molar-refractivity contribution in [1.82, 2.24) is 0 Å². The largest absolute Gasteiger partial charge is 0.0911 e. The maximum Gasteiger partial charge on any atom is -0.00989 e. The van der Waals surface area contributed by atoms with Gasteiger partial charge in [-0.25, -0.2) is 0 Å². The Kier molecular flexibility index (Phi) is 4.11. The fourth-order valence-corrected chi connectivity index (χ4v) is 5.53. The zero-order valence-electron chi connectivity index (χ0n) is 12.4. The smallest absolute Gasteiger partial charge is 0.00989 e. The second-order valence-electron chi connectivity index (χ2n) is 6.05. The van der Waals surface area contributed by atoms with Crippen LogP contribution in [0.2, 0.25) is 0 Å². The number of hydrogen-bond acceptors (Lipinski definition) is 0. The molecule has 0 saturated carbocycles. The quantitative estimate of drug-likeness (QED) is 0.640. The van der Waals surface area contributed by atoms with Gasteiger partial charge in [-0.1, -0.05) is 69.8 Å². The summed E-state index contributed by atoms with van der Waals surface area (Å²) < 4.78 is 0. The average molecular weight is 270 g/mol. The molecule has 0 amide bonds. The Hall–Kier alpha value is -1.13. The molecule has 1 unspecified atom stereocenters. The van der Waals surface area contributed by atoms with Crippen LogP contribution >= 0.6 is 7.92 Å². The minimum absolute atomic E-state index is 0.251. The topological polar surface area (TPSA) is 0 Å². The van der Waals surface area contributed by atoms with Crippen LogP contribution in [0.4, 0.5) is 0 Å². The zero-order chi connectivity index (χ0) is 14.0. The summed E-state index contributed by atoms with van der Waals surface area (Å²) in [6, 6.07) is 8.79. The predicted octanol–water partition coefficient (Wildman–Crippen LogP) is 5.30. The molecule has 0 radical (unpaired) electrons. The summed E-state index contributed by atoms with van der Waals surface area (Å²) in [5, 5.41) is 3.20. The summed E-state index contributed by atoms with van der Waals surface area (Å²) in [7, 11) is -0.365. The van der Waals surface area contributed by atoms with Crippen molar-refractivity contribution >= 4 is 13.2 Å². The molecule has 0 N–H and O–H groups in total. The van der Waals surface area contributed by atoms with Crippen LogP contribution in [0.1, 0.15) is 32.8 Å². The Morgan fingerprint density at radius 2 is 1.84 bits per heavy atom. The Morgan fingerprint density at radius 3 is 2.42 bits per heavy atom. The standard InChI is InChI=1S/C18H23P/c1-14-10-6-8-12-16(14)19(18(3,4)5)17-13-9-7-11-15(17)2/h6-7,9-13H,1,8H2,2-5H3. The highest BCUT2D eigenvalue weighted by molar-refractivity contribution is 7.71. The van der Waals surface area contributed by atoms with E-state index in [1.807, 2.05) is 0 Å². The Labute approximate surface area is 118 Å². The molecule has 1 aromatic rings. The molecule has 0 saturated heterocycles. The third-order valence-electron chi connectivity index (χ3n) is 3.36. The van der Waals surface area contributed by atoms with Crippen LogP contribution in [-0.4, -0.2) is 5.16 Å². The van der Waals surface area contributed by atoms with Gasteiger partial charge >= 0.3 is 0 Å². The summed E-state index contributed by atoms with van der Waals surface area (Å²) >= 11 is 0. The van der Waals surface area contributed by atoms with Crippen LogP contribution in [0.3, 0.4) is 0 Å². The molecular weight excluding hydrogens is 247 g/mol. The van der Waals surface area contributed by atoms with Gasteiger partial charge in [0, 0.05) is 0 Å². The molecule has 1 aliphatic rings. The average Bonchev–Trinajstić information content (AvgIpc) is 2.33. The van der Waals surface area contributed by atoms with Crippen LogP contribution in [0.25, 0.3) is 0 Å². The van der Waals surface area contributed by atoms with E-state index < -0.39 is 0 Å². The lowest BCUT2D eigenvalue weighted by Crippen LogP contribution is -2.22. The lowest BCUT2D eigenvalue weighted by Gasteiger charge is -2.36. The third kappa shape index (κ3) is 3.07. The summed E-state index contributed by atoms with van der Waals surface area (Å²) in [6.07, 6.45) is 7.77. The highest BCUT2D eigenvalue weighted by Gasteiger charge is 2.31. The van der Waals surface area contributed by atoms with Crippen LogP contribution in [0, 0.1) is 6.92 Å². The van der Waals surface area contributed by atoms with Crippen molar-refractivity contribution in [2.75, 3.05) is 0 Å². The first-order valence-electron chi connectivity index (χ1n) is 6.83. The van der Waals surface area contributed by atoms with Crippen molar-refractivity contribution in [3.8, 4) is 0 Å². The van der Waals surface area contributed by atoms with E-state index in [9.17, 15) is 0 Å². The van der Waals surface area contributed by atoms with Crippen LogP contribution < -0.4 is 5.30 Å². The monoisotopic (exact) mass is 270 g/mol. The lowest BCUT2D eigenvalue weighted by molar-refractivity contribution is 0.791. The van der Waals surface area contributed by atoms with E-state index in [2.05, 4.69) is 76.8 Å². The first-order valence-corrected chi connectivity index (χ1v) is 8.17. The zero-order valence-corrected chi connectivity index (χ0v) is 13.3. The molecule has 0 fully saturated rings. The molecule has 100 valence electrons. The normalized spacial score (nSPS) is 17.3. The first-order chi connectivity index (χ1) is 8.91. The van der Waals surface area contributed by atoms with Gasteiger partial charge in [0.2, 0.25) is 0 Å². The van der Waals surface area contributed by atoms with E-state index in [1.165, 1.54) is 21.8 Å². The highest BCUT2D eigenvalue weighted by Crippen LogP contribution is 2.58. The fourth-order valence-electron chi connectivity index (χ4n) is 2.51. The summed E-state index contributed by atoms with van der Waals surface area (Å²) in [5.74, 6) is 0. The Morgan fingerprint density at radius 1 is 1.16 bits per heavy atom. The number of aryl methyl sites for hydroxylation is 1. The van der Waals surface area contributed by atoms with Gasteiger partial charge in [0.25, 0.3) is 0 Å². The fraction of sp³-hybridized carbons (Fsp3) is 0.333. The molecule has 0 nitrogen and oxygen atoms in total. The highest BCUT2D eigenvalue weighted by atomic mass is 31.1. The van der Waals surface area contributed by atoms with Gasteiger partial charge in [-0.2, -0.15) is 0 Å². The van der Waals surface area contributed by atoms with E-state index in [0.29, 0.717) is 0 Å². The molecule has 0 aliphatic heterocycles. The maximum absolute atomic E-state index is 4.25. The van der Waals surface area contributed by atoms with Crippen LogP contribution in [0.15, 0.2) is 60.0 Å². The SMILES string of the molecule is C=C1C=CCC=C1P(c1ccccc1C)C(C)(C)C. The van der Waals surface area contributed by atoms with Crippen molar-refractivity contribution in [2.24, 2.45) is 0 Å². The van der Waals surface area contributed by atoms with E-state index >= 15 is 0 Å². The number of rotatable bonds is 2. The molecule has 1 aliphatic carbocycles. The molecule has 0 spiro atoms. The van der Waals surface area contributed by atoms with E-state index in [0.717, 1.165) is 6.42 Å². The minimum atomic E-state index is -0.365. The predicted molar refractivity (Wildman–Crippen MR) is 88.5 cm³/mol. The summed E-state index contributed by atoms with van der Waals surface area (Å²) in [4.78, 5) is 0. The van der Waals surface area contributed by atoms with Crippen LogP contribution in [-0.2, 0) is 0 Å². The summed E-state index contributed by atoms with van der Waals surface area (Å²) in [5.41, 5.74) is 2.59. The molecule has 0 bridgehead atoms. The minimum Gasteiger partial charge on any atom is -0.0911 e. The molecule has 1 heteroatoms. The van der Waals surface area contributed by atoms with Crippen LogP contribution in [0.5, 0.6) is 0 Å². The van der Waals surface area contributed by atoms with E-state index in [-0.39, 0.29) is 13.1 Å². The van der Waals surface area contributed by atoms with Gasteiger partial charge in [0.15, 0.2) is 0 Å². The molecule has 19 heavy (non-hydrogen) atoms. The van der Waals surface area contributed by atoms with Gasteiger partial charge in [0.05, 0.1) is 0 Å². The van der Waals surface area contributed by atoms with Gasteiger partial charge in [-0.15, -0.1) is 0 Å². The summed E-state index contributed by atoms with van der Waals surface area (Å²) in [6.45, 7) is 13.5. The molecule has 0 heterocycles. The van der Waals surface area contributed by atoms with Crippen molar-refractivity contribution in [2.45, 2.75) is 39.3 Å². The number of hydrogen-bond donors (Lipinski definition) is 0. The van der Waals surface area contributed by atoms with Crippen molar-refractivity contribution < 1.29 is 0 Å². The lowest BCUT2D eigenvalue weighted by atomic mass is 10.1. The maximum atomic E-state index is 4.25. The van der Waals surface area contributed by atoms with E-state index in [1.54, 1.807) is 0 Å². The van der Waals surface area contributed by atoms with Crippen molar-refractivity contribution in [3.63, 3.8) is 0 Å². The number of benzene rings is 1. The Balaban J connectivity index is 2.52. The first kappa shape index (κ1) is 14.3. The van der Waals surface area contributed by atoms with E-state index in [4.69, 9.17) is 0 Å². The Bertz CT molecular complexity index is 541. The molecule has 1 aromatic carbocycles. The van der Waals surface area contributed by atoms with Gasteiger partial charge in [0.1, 0.15) is 0 Å². The molecule has 1 atom stereocenters. The second kappa shape index (κ2) is 5.47. The van der Waals surface area contributed by atoms with Gasteiger partial charge < -0.3 is 0 Å². The van der Waals surface area contributed by atoms with Gasteiger partial charge in [-0.3, -0.25) is 0 Å². The number of allylic oxidation sites excluding steroid dienone is 5. The van der Waals surface area contributed by atoms with Crippen molar-refractivity contribution in [3.05, 3.63) is 65.5 Å². The third-order valence-corrected chi connectivity index (χ3v) is 6.64. The molecule has 2 rings (SSSR count). The molecule has 0 aromatic heterocycles. The second-order valence-corrected chi connectivity index (χ2v) is 9.02. The molecular formula is C18H23P.